The van der Waals surface area contributed by atoms with Gasteiger partial charge in [0.15, 0.2) is 5.96 Å². The van der Waals surface area contributed by atoms with E-state index >= 15 is 0 Å². The monoisotopic (exact) mass is 558 g/mol. The predicted octanol–water partition coefficient (Wildman–Crippen LogP) is 1.04. The van der Waals surface area contributed by atoms with Gasteiger partial charge in [-0.15, -0.1) is 24.0 Å². The summed E-state index contributed by atoms with van der Waals surface area (Å²) in [4.78, 5) is 6.52. The van der Waals surface area contributed by atoms with Crippen molar-refractivity contribution < 1.29 is 22.3 Å². The molecule has 11 heteroatoms. The maximum atomic E-state index is 13.3. The van der Waals surface area contributed by atoms with Crippen LogP contribution in [-0.4, -0.2) is 90.9 Å². The van der Waals surface area contributed by atoms with E-state index in [9.17, 15) is 12.8 Å². The van der Waals surface area contributed by atoms with Crippen molar-refractivity contribution in [1.29, 1.82) is 0 Å². The molecule has 1 atom stereocenters. The second kappa shape index (κ2) is 14.1. The number of hydrogen-bond acceptors (Lipinski definition) is 6. The zero-order valence-electron chi connectivity index (χ0n) is 17.5. The summed E-state index contributed by atoms with van der Waals surface area (Å²) in [6.07, 6.45) is 1.19. The van der Waals surface area contributed by atoms with Gasteiger partial charge in [0.1, 0.15) is 15.7 Å². The molecule has 0 aliphatic carbocycles. The van der Waals surface area contributed by atoms with Crippen LogP contribution in [0.25, 0.3) is 0 Å². The fourth-order valence-electron chi connectivity index (χ4n) is 3.00. The first-order chi connectivity index (χ1) is 13.9. The SMILES string of the molecule is CN=C(NCCOCCS(C)(=O)=O)NCC(c1ccc(F)cc1)N1CCOCC1.I. The number of nitrogens with one attached hydrogen (secondary N) is 2. The topological polar surface area (TPSA) is 92.3 Å². The summed E-state index contributed by atoms with van der Waals surface area (Å²) in [6.45, 7) is 4.62. The van der Waals surface area contributed by atoms with Crippen LogP contribution in [-0.2, 0) is 19.3 Å². The van der Waals surface area contributed by atoms with Gasteiger partial charge < -0.3 is 20.1 Å². The molecular formula is C19H32FIN4O4S. The van der Waals surface area contributed by atoms with E-state index in [0.717, 1.165) is 18.7 Å². The lowest BCUT2D eigenvalue weighted by Gasteiger charge is -2.35. The van der Waals surface area contributed by atoms with E-state index in [0.29, 0.717) is 38.9 Å². The van der Waals surface area contributed by atoms with Crippen LogP contribution in [0.5, 0.6) is 0 Å². The van der Waals surface area contributed by atoms with Crippen molar-refractivity contribution in [3.05, 3.63) is 35.6 Å². The van der Waals surface area contributed by atoms with Gasteiger partial charge in [0, 0.05) is 39.5 Å². The van der Waals surface area contributed by atoms with E-state index in [4.69, 9.17) is 9.47 Å². The average molecular weight is 558 g/mol. The lowest BCUT2D eigenvalue weighted by molar-refractivity contribution is 0.0170. The Hall–Kier alpha value is -1.02. The molecule has 0 aromatic heterocycles. The first-order valence-corrected chi connectivity index (χ1v) is 11.7. The van der Waals surface area contributed by atoms with Gasteiger partial charge in [0.05, 0.1) is 38.2 Å². The Morgan fingerprint density at radius 1 is 1.23 bits per heavy atom. The van der Waals surface area contributed by atoms with Crippen molar-refractivity contribution in [3.63, 3.8) is 0 Å². The van der Waals surface area contributed by atoms with E-state index in [2.05, 4.69) is 20.5 Å². The molecule has 1 saturated heterocycles. The lowest BCUT2D eigenvalue weighted by Crippen LogP contribution is -2.46. The molecule has 0 saturated carbocycles. The fourth-order valence-corrected chi connectivity index (χ4v) is 3.42. The third-order valence-electron chi connectivity index (χ3n) is 4.56. The molecule has 1 unspecified atom stereocenters. The molecule has 0 spiro atoms. The minimum absolute atomic E-state index is 0. The van der Waals surface area contributed by atoms with E-state index < -0.39 is 9.84 Å². The van der Waals surface area contributed by atoms with Crippen molar-refractivity contribution in [2.24, 2.45) is 4.99 Å². The second-order valence-corrected chi connectivity index (χ2v) is 9.10. The van der Waals surface area contributed by atoms with Crippen molar-refractivity contribution in [3.8, 4) is 0 Å². The molecule has 1 heterocycles. The Labute approximate surface area is 195 Å². The molecule has 172 valence electrons. The van der Waals surface area contributed by atoms with E-state index in [1.807, 2.05) is 12.1 Å². The van der Waals surface area contributed by atoms with Gasteiger partial charge in [-0.1, -0.05) is 12.1 Å². The van der Waals surface area contributed by atoms with Crippen LogP contribution in [0.4, 0.5) is 4.39 Å². The van der Waals surface area contributed by atoms with Crippen LogP contribution in [0, 0.1) is 5.82 Å². The molecule has 1 aromatic carbocycles. The average Bonchev–Trinajstić information content (AvgIpc) is 2.70. The molecule has 0 radical (unpaired) electrons. The number of hydrogen-bond donors (Lipinski definition) is 2. The van der Waals surface area contributed by atoms with Crippen LogP contribution in [0.15, 0.2) is 29.3 Å². The third-order valence-corrected chi connectivity index (χ3v) is 5.47. The molecular weight excluding hydrogens is 526 g/mol. The van der Waals surface area contributed by atoms with Crippen LogP contribution < -0.4 is 10.6 Å². The summed E-state index contributed by atoms with van der Waals surface area (Å²) < 4.78 is 46.3. The Bertz CT molecular complexity index is 743. The normalized spacial score (nSPS) is 16.6. The maximum Gasteiger partial charge on any atom is 0.191 e. The number of aliphatic imine (C=N–C) groups is 1. The highest BCUT2D eigenvalue weighted by Crippen LogP contribution is 2.21. The van der Waals surface area contributed by atoms with Gasteiger partial charge in [0.25, 0.3) is 0 Å². The largest absolute Gasteiger partial charge is 0.379 e. The zero-order chi connectivity index (χ0) is 21.1. The number of ether oxygens (including phenoxy) is 2. The summed E-state index contributed by atoms with van der Waals surface area (Å²) in [5, 5.41) is 6.45. The number of benzene rings is 1. The Morgan fingerprint density at radius 2 is 1.90 bits per heavy atom. The van der Waals surface area contributed by atoms with Crippen LogP contribution in [0.2, 0.25) is 0 Å². The smallest absolute Gasteiger partial charge is 0.191 e. The molecule has 1 aromatic rings. The standard InChI is InChI=1S/C19H31FN4O4S.HI/c1-21-19(22-7-10-27-13-14-29(2,25)26)23-15-18(24-8-11-28-12-9-24)16-3-5-17(20)6-4-16;/h3-6,18H,7-15H2,1-2H3,(H2,21,22,23);1H. The summed E-state index contributed by atoms with van der Waals surface area (Å²) in [7, 11) is -1.33. The lowest BCUT2D eigenvalue weighted by atomic mass is 10.0. The van der Waals surface area contributed by atoms with E-state index in [-0.39, 0.29) is 48.2 Å². The van der Waals surface area contributed by atoms with Gasteiger partial charge >= 0.3 is 0 Å². The van der Waals surface area contributed by atoms with Crippen LogP contribution in [0.3, 0.4) is 0 Å². The van der Waals surface area contributed by atoms with Crippen LogP contribution in [0.1, 0.15) is 11.6 Å². The van der Waals surface area contributed by atoms with Crippen molar-refractivity contribution in [1.82, 2.24) is 15.5 Å². The third kappa shape index (κ3) is 10.3. The number of halogens is 2. The summed E-state index contributed by atoms with van der Waals surface area (Å²) in [6, 6.07) is 6.63. The Morgan fingerprint density at radius 3 is 2.50 bits per heavy atom. The minimum Gasteiger partial charge on any atom is -0.379 e. The van der Waals surface area contributed by atoms with Gasteiger partial charge in [0.2, 0.25) is 0 Å². The van der Waals surface area contributed by atoms with Gasteiger partial charge in [-0.3, -0.25) is 9.89 Å². The van der Waals surface area contributed by atoms with Crippen LogP contribution >= 0.6 is 24.0 Å². The fraction of sp³-hybridized carbons (Fsp3) is 0.632. The quantitative estimate of drug-likeness (QED) is 0.192. The highest BCUT2D eigenvalue weighted by Gasteiger charge is 2.23. The van der Waals surface area contributed by atoms with E-state index in [1.165, 1.54) is 18.4 Å². The Kier molecular flexibility index (Phi) is 12.7. The number of guanidine groups is 1. The Balaban J connectivity index is 0.00000450. The minimum atomic E-state index is -3.01. The molecule has 1 fully saturated rings. The van der Waals surface area contributed by atoms with Crippen molar-refractivity contribution in [2.45, 2.75) is 6.04 Å². The predicted molar refractivity (Wildman–Crippen MR) is 127 cm³/mol. The maximum absolute atomic E-state index is 13.3. The van der Waals surface area contributed by atoms with Gasteiger partial charge in [-0.05, 0) is 17.7 Å². The molecule has 1 aliphatic heterocycles. The first kappa shape index (κ1) is 27.0. The van der Waals surface area contributed by atoms with Crippen molar-refractivity contribution >= 4 is 39.8 Å². The molecule has 2 N–H and O–H groups in total. The van der Waals surface area contributed by atoms with E-state index in [1.54, 1.807) is 7.05 Å². The molecule has 0 amide bonds. The van der Waals surface area contributed by atoms with Gasteiger partial charge in [-0.2, -0.15) is 0 Å². The highest BCUT2D eigenvalue weighted by molar-refractivity contribution is 14.0. The number of morpholine rings is 1. The molecule has 30 heavy (non-hydrogen) atoms. The summed E-state index contributed by atoms with van der Waals surface area (Å²) in [5.41, 5.74) is 1.03. The molecule has 8 nitrogen and oxygen atoms in total. The molecule has 2 rings (SSSR count). The van der Waals surface area contributed by atoms with Crippen molar-refractivity contribution in [2.75, 3.05) is 71.7 Å². The number of rotatable bonds is 10. The highest BCUT2D eigenvalue weighted by atomic mass is 127. The molecule has 0 bridgehead atoms. The molecule has 1 aliphatic rings. The number of nitrogens with zero attached hydrogens (tertiary/aromatic N) is 2. The second-order valence-electron chi connectivity index (χ2n) is 6.84. The number of sulfone groups is 1. The first-order valence-electron chi connectivity index (χ1n) is 9.66. The zero-order valence-corrected chi connectivity index (χ0v) is 20.6. The summed E-state index contributed by atoms with van der Waals surface area (Å²) in [5.74, 6) is 0.381. The van der Waals surface area contributed by atoms with Gasteiger partial charge in [-0.25, -0.2) is 12.8 Å². The summed E-state index contributed by atoms with van der Waals surface area (Å²) >= 11 is 0.